The number of halogens is 1. The van der Waals surface area contributed by atoms with Gasteiger partial charge < -0.3 is 15.4 Å². The highest BCUT2D eigenvalue weighted by Gasteiger charge is 2.28. The molecule has 0 atom stereocenters. The van der Waals surface area contributed by atoms with Crippen molar-refractivity contribution in [3.63, 3.8) is 0 Å². The van der Waals surface area contributed by atoms with Gasteiger partial charge in [-0.15, -0.1) is 24.0 Å². The van der Waals surface area contributed by atoms with Crippen LogP contribution in [0, 0.1) is 5.92 Å². The molecule has 0 bridgehead atoms. The van der Waals surface area contributed by atoms with E-state index in [0.29, 0.717) is 31.6 Å². The van der Waals surface area contributed by atoms with Gasteiger partial charge in [-0.25, -0.2) is 8.42 Å². The third-order valence-electron chi connectivity index (χ3n) is 4.27. The van der Waals surface area contributed by atoms with Crippen LogP contribution in [-0.4, -0.2) is 60.0 Å². The van der Waals surface area contributed by atoms with Crippen molar-refractivity contribution < 1.29 is 13.2 Å². The predicted octanol–water partition coefficient (Wildman–Crippen LogP) is 2.22. The highest BCUT2D eigenvalue weighted by Crippen LogP contribution is 2.29. The Morgan fingerprint density at radius 2 is 1.96 bits per heavy atom. The monoisotopic (exact) mass is 524 g/mol. The first-order chi connectivity index (χ1) is 12.9. The van der Waals surface area contributed by atoms with Crippen LogP contribution in [0.3, 0.4) is 0 Å². The smallest absolute Gasteiger partial charge is 0.236 e. The van der Waals surface area contributed by atoms with Crippen molar-refractivity contribution >= 4 is 45.6 Å². The number of guanidine groups is 1. The largest absolute Gasteiger partial charge is 0.381 e. The minimum absolute atomic E-state index is 0. The number of sulfonamides is 1. The van der Waals surface area contributed by atoms with Gasteiger partial charge in [0.2, 0.25) is 10.0 Å². The molecule has 160 valence electrons. The highest BCUT2D eigenvalue weighted by atomic mass is 127. The molecule has 0 aromatic heterocycles. The number of para-hydroxylation sites is 1. The van der Waals surface area contributed by atoms with E-state index in [1.54, 1.807) is 7.05 Å². The second-order valence-electron chi connectivity index (χ2n) is 7.01. The molecule has 2 N–H and O–H groups in total. The van der Waals surface area contributed by atoms with Gasteiger partial charge in [0.1, 0.15) is 0 Å². The number of aliphatic imine (C=N–C) groups is 1. The van der Waals surface area contributed by atoms with E-state index in [1.165, 1.54) is 4.31 Å². The summed E-state index contributed by atoms with van der Waals surface area (Å²) in [4.78, 5) is 4.13. The summed E-state index contributed by atoms with van der Waals surface area (Å²) in [6, 6.07) is 7.68. The van der Waals surface area contributed by atoms with Gasteiger partial charge in [0.05, 0.1) is 11.4 Å². The lowest BCUT2D eigenvalue weighted by Gasteiger charge is -2.20. The molecule has 1 aliphatic rings. The minimum Gasteiger partial charge on any atom is -0.381 e. The quantitative estimate of drug-likeness (QED) is 0.212. The van der Waals surface area contributed by atoms with Crippen molar-refractivity contribution in [3.05, 3.63) is 29.8 Å². The number of hydrogen-bond donors (Lipinski definition) is 2. The topological polar surface area (TPSA) is 83.0 Å². The third kappa shape index (κ3) is 7.75. The fraction of sp³-hybridized carbons (Fsp3) is 0.632. The Balaban J connectivity index is 0.00000392. The lowest BCUT2D eigenvalue weighted by atomic mass is 10.2. The molecule has 0 saturated carbocycles. The first-order valence-corrected chi connectivity index (χ1v) is 11.2. The lowest BCUT2D eigenvalue weighted by molar-refractivity contribution is 0.108. The summed E-state index contributed by atoms with van der Waals surface area (Å²) >= 11 is 0. The number of nitrogens with zero attached hydrogens (tertiary/aromatic N) is 2. The normalized spacial score (nSPS) is 14.0. The molecular formula is C19H33IN4O3S. The number of hydrogen-bond acceptors (Lipinski definition) is 4. The molecule has 9 heteroatoms. The number of nitrogens with one attached hydrogen (secondary N) is 2. The number of rotatable bonds is 10. The van der Waals surface area contributed by atoms with Gasteiger partial charge in [-0.3, -0.25) is 9.30 Å². The predicted molar refractivity (Wildman–Crippen MR) is 126 cm³/mol. The van der Waals surface area contributed by atoms with Crippen LogP contribution in [0.4, 0.5) is 5.69 Å². The molecule has 1 aromatic carbocycles. The lowest BCUT2D eigenvalue weighted by Crippen LogP contribution is -2.42. The van der Waals surface area contributed by atoms with Crippen LogP contribution in [0.5, 0.6) is 0 Å². The van der Waals surface area contributed by atoms with E-state index in [9.17, 15) is 8.42 Å². The Morgan fingerprint density at radius 1 is 1.25 bits per heavy atom. The molecule has 0 aliphatic carbocycles. The van der Waals surface area contributed by atoms with Crippen LogP contribution in [0.2, 0.25) is 0 Å². The zero-order valence-corrected chi connectivity index (χ0v) is 20.1. The Labute approximate surface area is 186 Å². The Kier molecular flexibility index (Phi) is 11.1. The second-order valence-corrected chi connectivity index (χ2v) is 9.03. The van der Waals surface area contributed by atoms with E-state index >= 15 is 0 Å². The number of anilines is 1. The summed E-state index contributed by atoms with van der Waals surface area (Å²) in [6.07, 6.45) is 1.64. The van der Waals surface area contributed by atoms with Crippen LogP contribution in [0.1, 0.15) is 25.8 Å². The second kappa shape index (κ2) is 12.5. The Hall–Kier alpha value is -1.07. The van der Waals surface area contributed by atoms with E-state index < -0.39 is 10.0 Å². The minimum atomic E-state index is -3.35. The summed E-state index contributed by atoms with van der Waals surface area (Å²) in [6.45, 7) is 7.27. The summed E-state index contributed by atoms with van der Waals surface area (Å²) in [5, 5.41) is 6.25. The average Bonchev–Trinajstić information content (AvgIpc) is 3.07. The number of ether oxygens (including phenoxy) is 1. The number of benzene rings is 1. The van der Waals surface area contributed by atoms with E-state index in [2.05, 4.69) is 29.5 Å². The van der Waals surface area contributed by atoms with Crippen LogP contribution < -0.4 is 14.9 Å². The van der Waals surface area contributed by atoms with E-state index in [1.807, 2.05) is 24.3 Å². The SMILES string of the molecule is CN=C(NCCCOCC(C)C)NCCS(=O)(=O)N1CCc2ccccc21.I. The van der Waals surface area contributed by atoms with Gasteiger partial charge in [0, 0.05) is 39.9 Å². The number of fused-ring (bicyclic) bond motifs is 1. The van der Waals surface area contributed by atoms with E-state index in [0.717, 1.165) is 37.2 Å². The first kappa shape index (κ1) is 25.0. The summed E-state index contributed by atoms with van der Waals surface area (Å²) in [5.74, 6) is 1.17. The molecule has 2 rings (SSSR count). The molecule has 28 heavy (non-hydrogen) atoms. The third-order valence-corrected chi connectivity index (χ3v) is 6.04. The fourth-order valence-corrected chi connectivity index (χ4v) is 4.35. The maximum absolute atomic E-state index is 12.7. The van der Waals surface area contributed by atoms with Crippen LogP contribution in [0.15, 0.2) is 29.3 Å². The van der Waals surface area contributed by atoms with Crippen molar-refractivity contribution in [1.29, 1.82) is 0 Å². The molecule has 0 fully saturated rings. The summed E-state index contributed by atoms with van der Waals surface area (Å²) in [7, 11) is -1.67. The van der Waals surface area contributed by atoms with Crippen LogP contribution in [0.25, 0.3) is 0 Å². The fourth-order valence-electron chi connectivity index (χ4n) is 2.93. The van der Waals surface area contributed by atoms with Gasteiger partial charge in [-0.05, 0) is 30.4 Å². The van der Waals surface area contributed by atoms with E-state index in [4.69, 9.17) is 4.74 Å². The Bertz CT molecular complexity index is 726. The molecule has 0 spiro atoms. The van der Waals surface area contributed by atoms with Gasteiger partial charge in [-0.1, -0.05) is 32.0 Å². The van der Waals surface area contributed by atoms with Crippen molar-refractivity contribution in [2.75, 3.05) is 50.0 Å². The molecule has 1 heterocycles. The van der Waals surface area contributed by atoms with Crippen LogP contribution in [-0.2, 0) is 21.2 Å². The van der Waals surface area contributed by atoms with Crippen molar-refractivity contribution in [2.24, 2.45) is 10.9 Å². The zero-order valence-electron chi connectivity index (χ0n) is 17.0. The zero-order chi connectivity index (χ0) is 19.7. The van der Waals surface area contributed by atoms with Gasteiger partial charge in [-0.2, -0.15) is 0 Å². The van der Waals surface area contributed by atoms with E-state index in [-0.39, 0.29) is 29.7 Å². The molecule has 7 nitrogen and oxygen atoms in total. The summed E-state index contributed by atoms with van der Waals surface area (Å²) < 4.78 is 32.4. The van der Waals surface area contributed by atoms with Crippen LogP contribution >= 0.6 is 24.0 Å². The van der Waals surface area contributed by atoms with Gasteiger partial charge >= 0.3 is 0 Å². The van der Waals surface area contributed by atoms with Crippen molar-refractivity contribution in [3.8, 4) is 0 Å². The van der Waals surface area contributed by atoms with Crippen molar-refractivity contribution in [2.45, 2.75) is 26.7 Å². The molecule has 1 aliphatic heterocycles. The standard InChI is InChI=1S/C19H32N4O3S.HI/c1-16(2)15-26-13-6-10-21-19(20-3)22-11-14-27(24,25)23-12-9-17-7-4-5-8-18(17)23;/h4-5,7-8,16H,6,9-15H2,1-3H3,(H2,20,21,22);1H. The molecule has 0 radical (unpaired) electrons. The van der Waals surface area contributed by atoms with Gasteiger partial charge in [0.15, 0.2) is 5.96 Å². The van der Waals surface area contributed by atoms with Crippen molar-refractivity contribution in [1.82, 2.24) is 10.6 Å². The maximum Gasteiger partial charge on any atom is 0.236 e. The maximum atomic E-state index is 12.7. The molecule has 0 saturated heterocycles. The Morgan fingerprint density at radius 3 is 2.68 bits per heavy atom. The average molecular weight is 524 g/mol. The van der Waals surface area contributed by atoms with Gasteiger partial charge in [0.25, 0.3) is 0 Å². The first-order valence-electron chi connectivity index (χ1n) is 9.54. The molecule has 0 unspecified atom stereocenters. The molecule has 1 aromatic rings. The molecule has 0 amide bonds. The highest BCUT2D eigenvalue weighted by molar-refractivity contribution is 14.0. The summed E-state index contributed by atoms with van der Waals surface area (Å²) in [5.41, 5.74) is 1.90. The molecular weight excluding hydrogens is 491 g/mol.